The highest BCUT2D eigenvalue weighted by molar-refractivity contribution is 6.07. The molecule has 37 heavy (non-hydrogen) atoms. The number of hydrogen-bond acceptors (Lipinski definition) is 5. The maximum absolute atomic E-state index is 13.4. The SMILES string of the molecule is CCOc1cccc(NC(=O)c2nc(-c3ccc(C(C)(C)C)cc3)oc2-c2ccc(NC(C)=O)cc2)c1. The molecule has 0 saturated heterocycles. The van der Waals surface area contributed by atoms with Crippen molar-refractivity contribution >= 4 is 23.2 Å². The summed E-state index contributed by atoms with van der Waals surface area (Å²) in [6.45, 7) is 10.3. The second-order valence-corrected chi connectivity index (χ2v) is 9.70. The lowest BCUT2D eigenvalue weighted by molar-refractivity contribution is -0.114. The Balaban J connectivity index is 1.71. The number of ether oxygens (including phenoxy) is 1. The average molecular weight is 498 g/mol. The highest BCUT2D eigenvalue weighted by Gasteiger charge is 2.23. The molecule has 190 valence electrons. The summed E-state index contributed by atoms with van der Waals surface area (Å²) in [6.07, 6.45) is 0. The predicted octanol–water partition coefficient (Wildman–Crippen LogP) is 6.92. The zero-order valence-corrected chi connectivity index (χ0v) is 21.7. The Labute approximate surface area is 216 Å². The van der Waals surface area contributed by atoms with Crippen LogP contribution in [0.3, 0.4) is 0 Å². The first-order valence-electron chi connectivity index (χ1n) is 12.2. The summed E-state index contributed by atoms with van der Waals surface area (Å²) in [5.74, 6) is 0.768. The van der Waals surface area contributed by atoms with Crippen LogP contribution in [0, 0.1) is 0 Å². The molecule has 0 aliphatic carbocycles. The van der Waals surface area contributed by atoms with Crippen molar-refractivity contribution in [2.45, 2.75) is 40.0 Å². The fourth-order valence-corrected chi connectivity index (χ4v) is 3.83. The third-order valence-electron chi connectivity index (χ3n) is 5.71. The lowest BCUT2D eigenvalue weighted by Gasteiger charge is -2.18. The molecule has 0 bridgehead atoms. The first-order valence-corrected chi connectivity index (χ1v) is 12.2. The van der Waals surface area contributed by atoms with E-state index in [1.807, 2.05) is 43.3 Å². The molecule has 4 aromatic rings. The van der Waals surface area contributed by atoms with E-state index in [4.69, 9.17) is 9.15 Å². The van der Waals surface area contributed by atoms with Gasteiger partial charge in [-0.1, -0.05) is 39.0 Å². The number of anilines is 2. The van der Waals surface area contributed by atoms with E-state index in [1.54, 1.807) is 36.4 Å². The van der Waals surface area contributed by atoms with Crippen molar-refractivity contribution in [3.8, 4) is 28.5 Å². The Kier molecular flexibility index (Phi) is 7.43. The van der Waals surface area contributed by atoms with Gasteiger partial charge in [0.1, 0.15) is 5.75 Å². The van der Waals surface area contributed by atoms with Crippen LogP contribution >= 0.6 is 0 Å². The van der Waals surface area contributed by atoms with Crippen LogP contribution in [0.2, 0.25) is 0 Å². The number of aromatic nitrogens is 1. The van der Waals surface area contributed by atoms with Crippen molar-refractivity contribution in [1.82, 2.24) is 4.98 Å². The molecular formula is C30H31N3O4. The molecule has 3 aromatic carbocycles. The van der Waals surface area contributed by atoms with Crippen molar-refractivity contribution in [3.63, 3.8) is 0 Å². The molecule has 0 atom stereocenters. The molecule has 0 aliphatic rings. The van der Waals surface area contributed by atoms with E-state index >= 15 is 0 Å². The molecule has 0 spiro atoms. The van der Waals surface area contributed by atoms with E-state index in [-0.39, 0.29) is 17.0 Å². The maximum atomic E-state index is 13.4. The van der Waals surface area contributed by atoms with E-state index in [9.17, 15) is 9.59 Å². The molecule has 7 nitrogen and oxygen atoms in total. The number of hydrogen-bond donors (Lipinski definition) is 2. The van der Waals surface area contributed by atoms with Gasteiger partial charge in [-0.3, -0.25) is 9.59 Å². The van der Waals surface area contributed by atoms with E-state index in [0.717, 1.165) is 5.56 Å². The van der Waals surface area contributed by atoms with E-state index < -0.39 is 5.91 Å². The maximum Gasteiger partial charge on any atom is 0.278 e. The van der Waals surface area contributed by atoms with Gasteiger partial charge in [0.2, 0.25) is 11.8 Å². The summed E-state index contributed by atoms with van der Waals surface area (Å²) in [5.41, 5.74) is 4.01. The number of benzene rings is 3. The highest BCUT2D eigenvalue weighted by atomic mass is 16.5. The molecule has 2 N–H and O–H groups in total. The summed E-state index contributed by atoms with van der Waals surface area (Å²) < 4.78 is 11.7. The number of nitrogens with zero attached hydrogens (tertiary/aromatic N) is 1. The van der Waals surface area contributed by atoms with Gasteiger partial charge in [-0.05, 0) is 66.4 Å². The first-order chi connectivity index (χ1) is 17.6. The van der Waals surface area contributed by atoms with Crippen LogP contribution in [0.5, 0.6) is 5.75 Å². The van der Waals surface area contributed by atoms with Crippen molar-refractivity contribution in [3.05, 3.63) is 84.1 Å². The Morgan fingerprint density at radius 1 is 0.892 bits per heavy atom. The molecule has 4 rings (SSSR count). The summed E-state index contributed by atoms with van der Waals surface area (Å²) in [5, 5.41) is 5.64. The topological polar surface area (TPSA) is 93.5 Å². The van der Waals surface area contributed by atoms with Crippen LogP contribution < -0.4 is 15.4 Å². The predicted molar refractivity (Wildman–Crippen MR) is 146 cm³/mol. The van der Waals surface area contributed by atoms with Gasteiger partial charge in [-0.25, -0.2) is 4.98 Å². The lowest BCUT2D eigenvalue weighted by atomic mass is 9.87. The molecule has 7 heteroatoms. The number of carbonyl (C=O) groups is 2. The summed E-state index contributed by atoms with van der Waals surface area (Å²) in [4.78, 5) is 29.4. The fourth-order valence-electron chi connectivity index (χ4n) is 3.83. The van der Waals surface area contributed by atoms with Gasteiger partial charge in [0.15, 0.2) is 11.5 Å². The monoisotopic (exact) mass is 497 g/mol. The number of nitrogens with one attached hydrogen (secondary N) is 2. The second-order valence-electron chi connectivity index (χ2n) is 9.70. The molecule has 0 radical (unpaired) electrons. The van der Waals surface area contributed by atoms with E-state index in [1.165, 1.54) is 12.5 Å². The minimum absolute atomic E-state index is 0.0109. The molecule has 1 aromatic heterocycles. The smallest absolute Gasteiger partial charge is 0.278 e. The number of amides is 2. The third-order valence-corrected chi connectivity index (χ3v) is 5.71. The zero-order chi connectivity index (χ0) is 26.6. The first kappa shape index (κ1) is 25.7. The van der Waals surface area contributed by atoms with Crippen LogP contribution in [0.1, 0.15) is 50.7 Å². The van der Waals surface area contributed by atoms with Gasteiger partial charge in [0.25, 0.3) is 5.91 Å². The van der Waals surface area contributed by atoms with Crippen molar-refractivity contribution in [2.75, 3.05) is 17.2 Å². The summed E-state index contributed by atoms with van der Waals surface area (Å²) in [6, 6.07) is 22.2. The standard InChI is InChI=1S/C30H31N3O4/c1-6-36-25-9-7-8-24(18-25)32-28(35)26-27(20-12-16-23(17-13-20)31-19(2)34)37-29(33-26)21-10-14-22(15-11-21)30(3,4)5/h7-18H,6H2,1-5H3,(H,31,34)(H,32,35). The van der Waals surface area contributed by atoms with Crippen molar-refractivity contribution < 1.29 is 18.7 Å². The minimum atomic E-state index is -0.407. The van der Waals surface area contributed by atoms with Gasteiger partial charge in [-0.15, -0.1) is 0 Å². The second kappa shape index (κ2) is 10.7. The van der Waals surface area contributed by atoms with Crippen LogP contribution in [-0.4, -0.2) is 23.4 Å². The summed E-state index contributed by atoms with van der Waals surface area (Å²) in [7, 11) is 0. The molecule has 0 fully saturated rings. The third kappa shape index (κ3) is 6.25. The van der Waals surface area contributed by atoms with Crippen LogP contribution in [0.4, 0.5) is 11.4 Å². The normalized spacial score (nSPS) is 11.2. The minimum Gasteiger partial charge on any atom is -0.494 e. The molecule has 2 amide bonds. The Bertz CT molecular complexity index is 1400. The van der Waals surface area contributed by atoms with E-state index in [0.29, 0.717) is 40.9 Å². The quantitative estimate of drug-likeness (QED) is 0.289. The highest BCUT2D eigenvalue weighted by Crippen LogP contribution is 2.33. The van der Waals surface area contributed by atoms with E-state index in [2.05, 4.69) is 36.4 Å². The average Bonchev–Trinajstić information content (AvgIpc) is 3.30. The Hall–Kier alpha value is -4.39. The molecule has 1 heterocycles. The largest absolute Gasteiger partial charge is 0.494 e. The number of oxazole rings is 1. The number of carbonyl (C=O) groups excluding carboxylic acids is 2. The van der Waals surface area contributed by atoms with Gasteiger partial charge in [-0.2, -0.15) is 0 Å². The van der Waals surface area contributed by atoms with Crippen molar-refractivity contribution in [2.24, 2.45) is 0 Å². The van der Waals surface area contributed by atoms with Crippen LogP contribution in [-0.2, 0) is 10.2 Å². The van der Waals surface area contributed by atoms with Crippen LogP contribution in [0.25, 0.3) is 22.8 Å². The Morgan fingerprint density at radius 2 is 1.57 bits per heavy atom. The molecule has 0 saturated carbocycles. The van der Waals surface area contributed by atoms with Gasteiger partial charge < -0.3 is 19.8 Å². The van der Waals surface area contributed by atoms with Gasteiger partial charge in [0, 0.05) is 35.5 Å². The van der Waals surface area contributed by atoms with Gasteiger partial charge >= 0.3 is 0 Å². The zero-order valence-electron chi connectivity index (χ0n) is 21.7. The fraction of sp³-hybridized carbons (Fsp3) is 0.233. The van der Waals surface area contributed by atoms with Crippen molar-refractivity contribution in [1.29, 1.82) is 0 Å². The lowest BCUT2D eigenvalue weighted by Crippen LogP contribution is -2.13. The molecule has 0 aliphatic heterocycles. The summed E-state index contributed by atoms with van der Waals surface area (Å²) >= 11 is 0. The van der Waals surface area contributed by atoms with Gasteiger partial charge in [0.05, 0.1) is 6.61 Å². The molecular weight excluding hydrogens is 466 g/mol. The Morgan fingerprint density at radius 3 is 2.19 bits per heavy atom. The molecule has 0 unspecified atom stereocenters. The number of rotatable bonds is 7. The van der Waals surface area contributed by atoms with Crippen LogP contribution in [0.15, 0.2) is 77.2 Å².